The van der Waals surface area contributed by atoms with Gasteiger partial charge in [-0.05, 0) is 18.3 Å². The van der Waals surface area contributed by atoms with Crippen molar-refractivity contribution < 1.29 is 19.4 Å². The molecular weight excluding hydrogens is 234 g/mol. The Morgan fingerprint density at radius 1 is 1.44 bits per heavy atom. The predicted octanol–water partition coefficient (Wildman–Crippen LogP) is 1.23. The van der Waals surface area contributed by atoms with E-state index in [0.29, 0.717) is 32.5 Å². The van der Waals surface area contributed by atoms with Gasteiger partial charge in [0.2, 0.25) is 5.91 Å². The topological polar surface area (TPSA) is 66.8 Å². The Labute approximate surface area is 108 Å². The summed E-state index contributed by atoms with van der Waals surface area (Å²) in [7, 11) is 1.62. The summed E-state index contributed by atoms with van der Waals surface area (Å²) in [6.07, 6.45) is 1.08. The number of ether oxygens (including phenoxy) is 1. The molecule has 1 heterocycles. The molecule has 0 saturated carbocycles. The van der Waals surface area contributed by atoms with Crippen LogP contribution < -0.4 is 0 Å². The lowest BCUT2D eigenvalue weighted by Gasteiger charge is -2.35. The number of hydrogen-bond donors (Lipinski definition) is 1. The molecule has 0 aromatic carbocycles. The zero-order valence-electron chi connectivity index (χ0n) is 11.4. The van der Waals surface area contributed by atoms with Crippen LogP contribution in [0.15, 0.2) is 0 Å². The van der Waals surface area contributed by atoms with E-state index in [2.05, 4.69) is 0 Å². The summed E-state index contributed by atoms with van der Waals surface area (Å²) in [6, 6.07) is 0. The average Bonchev–Trinajstić information content (AvgIpc) is 2.28. The first-order valence-electron chi connectivity index (χ1n) is 6.43. The molecule has 5 nitrogen and oxygen atoms in total. The standard InChI is InChI=1S/C13H23NO4/c1-9-4-11(13(16)17)7-14(6-9)12(15)5-10(2)8-18-3/h9-11H,4-8H2,1-3H3,(H,16,17). The van der Waals surface area contributed by atoms with Gasteiger partial charge in [-0.2, -0.15) is 0 Å². The number of methoxy groups -OCH3 is 1. The first-order valence-corrected chi connectivity index (χ1v) is 6.43. The third kappa shape index (κ3) is 4.29. The van der Waals surface area contributed by atoms with Gasteiger partial charge in [0.05, 0.1) is 5.92 Å². The van der Waals surface area contributed by atoms with Gasteiger partial charge in [-0.1, -0.05) is 13.8 Å². The summed E-state index contributed by atoms with van der Waals surface area (Å²) in [5.74, 6) is -0.762. The number of carboxylic acids is 1. The molecule has 1 rings (SSSR count). The van der Waals surface area contributed by atoms with Gasteiger partial charge in [-0.25, -0.2) is 0 Å². The number of amides is 1. The Morgan fingerprint density at radius 3 is 2.67 bits per heavy atom. The van der Waals surface area contributed by atoms with Gasteiger partial charge in [-0.15, -0.1) is 0 Å². The van der Waals surface area contributed by atoms with Crippen LogP contribution in [0, 0.1) is 17.8 Å². The Kier molecular flexibility index (Phi) is 5.59. The van der Waals surface area contributed by atoms with Crippen LogP contribution in [0.3, 0.4) is 0 Å². The third-order valence-electron chi connectivity index (χ3n) is 3.34. The van der Waals surface area contributed by atoms with Crippen molar-refractivity contribution in [2.45, 2.75) is 26.7 Å². The molecule has 1 aliphatic heterocycles. The van der Waals surface area contributed by atoms with E-state index in [-0.39, 0.29) is 17.7 Å². The van der Waals surface area contributed by atoms with E-state index >= 15 is 0 Å². The monoisotopic (exact) mass is 257 g/mol. The minimum Gasteiger partial charge on any atom is -0.481 e. The SMILES string of the molecule is COCC(C)CC(=O)N1CC(C)CC(C(=O)O)C1. The number of carboxylic acid groups (broad SMARTS) is 1. The fourth-order valence-electron chi connectivity index (χ4n) is 2.50. The van der Waals surface area contributed by atoms with Crippen molar-refractivity contribution in [3.63, 3.8) is 0 Å². The molecule has 1 amide bonds. The van der Waals surface area contributed by atoms with Crippen molar-refractivity contribution in [3.8, 4) is 0 Å². The fraction of sp³-hybridized carbons (Fsp3) is 0.846. The summed E-state index contributed by atoms with van der Waals surface area (Å²) in [6.45, 7) is 5.52. The fourth-order valence-corrected chi connectivity index (χ4v) is 2.50. The highest BCUT2D eigenvalue weighted by atomic mass is 16.5. The normalized spacial score (nSPS) is 25.8. The summed E-state index contributed by atoms with van der Waals surface area (Å²) in [5.41, 5.74) is 0. The van der Waals surface area contributed by atoms with E-state index in [0.717, 1.165) is 0 Å². The highest BCUT2D eigenvalue weighted by molar-refractivity contribution is 5.78. The predicted molar refractivity (Wildman–Crippen MR) is 67.1 cm³/mol. The Hall–Kier alpha value is -1.10. The van der Waals surface area contributed by atoms with Crippen LogP contribution in [0.25, 0.3) is 0 Å². The number of aliphatic carboxylic acids is 1. The maximum atomic E-state index is 12.1. The molecule has 1 N–H and O–H groups in total. The Morgan fingerprint density at radius 2 is 2.11 bits per heavy atom. The molecule has 5 heteroatoms. The van der Waals surface area contributed by atoms with Gasteiger partial charge in [0.25, 0.3) is 0 Å². The lowest BCUT2D eigenvalue weighted by Crippen LogP contribution is -2.46. The van der Waals surface area contributed by atoms with E-state index in [1.807, 2.05) is 13.8 Å². The zero-order chi connectivity index (χ0) is 13.7. The van der Waals surface area contributed by atoms with Crippen LogP contribution in [0.1, 0.15) is 26.7 Å². The quantitative estimate of drug-likeness (QED) is 0.804. The van der Waals surface area contributed by atoms with Gasteiger partial charge in [0.1, 0.15) is 0 Å². The summed E-state index contributed by atoms with van der Waals surface area (Å²) < 4.78 is 5.01. The number of carbonyl (C=O) groups is 2. The molecule has 0 spiro atoms. The van der Waals surface area contributed by atoms with Gasteiger partial charge >= 0.3 is 5.97 Å². The zero-order valence-corrected chi connectivity index (χ0v) is 11.4. The largest absolute Gasteiger partial charge is 0.481 e. The molecule has 0 radical (unpaired) electrons. The van der Waals surface area contributed by atoms with E-state index < -0.39 is 11.9 Å². The number of piperidine rings is 1. The smallest absolute Gasteiger partial charge is 0.308 e. The maximum absolute atomic E-state index is 12.1. The number of rotatable bonds is 5. The number of likely N-dealkylation sites (tertiary alicyclic amines) is 1. The van der Waals surface area contributed by atoms with Gasteiger partial charge < -0.3 is 14.7 Å². The Balaban J connectivity index is 2.53. The third-order valence-corrected chi connectivity index (χ3v) is 3.34. The first-order chi connectivity index (χ1) is 8.43. The van der Waals surface area contributed by atoms with Crippen molar-refractivity contribution in [1.29, 1.82) is 0 Å². The minimum atomic E-state index is -0.802. The molecule has 1 saturated heterocycles. The van der Waals surface area contributed by atoms with Crippen molar-refractivity contribution in [2.75, 3.05) is 26.8 Å². The minimum absolute atomic E-state index is 0.0392. The molecule has 104 valence electrons. The molecular formula is C13H23NO4. The maximum Gasteiger partial charge on any atom is 0.308 e. The lowest BCUT2D eigenvalue weighted by molar-refractivity contribution is -0.147. The number of hydrogen-bond acceptors (Lipinski definition) is 3. The molecule has 0 bridgehead atoms. The van der Waals surface area contributed by atoms with Gasteiger partial charge in [-0.3, -0.25) is 9.59 Å². The van der Waals surface area contributed by atoms with Gasteiger partial charge in [0.15, 0.2) is 0 Å². The van der Waals surface area contributed by atoms with Crippen molar-refractivity contribution in [3.05, 3.63) is 0 Å². The van der Waals surface area contributed by atoms with E-state index in [4.69, 9.17) is 9.84 Å². The molecule has 3 unspecified atom stereocenters. The Bertz CT molecular complexity index is 305. The second-order valence-corrected chi connectivity index (χ2v) is 5.44. The lowest BCUT2D eigenvalue weighted by atomic mass is 9.90. The molecule has 0 aromatic rings. The molecule has 0 aliphatic carbocycles. The van der Waals surface area contributed by atoms with Crippen molar-refractivity contribution in [2.24, 2.45) is 17.8 Å². The highest BCUT2D eigenvalue weighted by Crippen LogP contribution is 2.23. The molecule has 1 fully saturated rings. The van der Waals surface area contributed by atoms with Crippen molar-refractivity contribution in [1.82, 2.24) is 4.90 Å². The molecule has 3 atom stereocenters. The number of carbonyl (C=O) groups excluding carboxylic acids is 1. The van der Waals surface area contributed by atoms with Crippen LogP contribution >= 0.6 is 0 Å². The van der Waals surface area contributed by atoms with Gasteiger partial charge in [0, 0.05) is 33.2 Å². The second kappa shape index (κ2) is 6.73. The molecule has 1 aliphatic rings. The summed E-state index contributed by atoms with van der Waals surface area (Å²) in [4.78, 5) is 24.8. The van der Waals surface area contributed by atoms with Crippen LogP contribution in [0.5, 0.6) is 0 Å². The van der Waals surface area contributed by atoms with Crippen LogP contribution in [0.4, 0.5) is 0 Å². The summed E-state index contributed by atoms with van der Waals surface area (Å²) >= 11 is 0. The van der Waals surface area contributed by atoms with Crippen molar-refractivity contribution >= 4 is 11.9 Å². The highest BCUT2D eigenvalue weighted by Gasteiger charge is 2.31. The van der Waals surface area contributed by atoms with Crippen LogP contribution in [0.2, 0.25) is 0 Å². The average molecular weight is 257 g/mol. The van der Waals surface area contributed by atoms with E-state index in [1.54, 1.807) is 12.0 Å². The van der Waals surface area contributed by atoms with Crippen LogP contribution in [-0.4, -0.2) is 48.7 Å². The van der Waals surface area contributed by atoms with E-state index in [9.17, 15) is 9.59 Å². The summed E-state index contributed by atoms with van der Waals surface area (Å²) in [5, 5.41) is 9.06. The molecule has 18 heavy (non-hydrogen) atoms. The molecule has 0 aromatic heterocycles. The first kappa shape index (κ1) is 15.0. The van der Waals surface area contributed by atoms with E-state index in [1.165, 1.54) is 0 Å². The van der Waals surface area contributed by atoms with Crippen LogP contribution in [-0.2, 0) is 14.3 Å². The number of nitrogens with zero attached hydrogens (tertiary/aromatic N) is 1. The second-order valence-electron chi connectivity index (χ2n) is 5.44.